The van der Waals surface area contributed by atoms with E-state index in [9.17, 15) is 13.2 Å². The highest BCUT2D eigenvalue weighted by molar-refractivity contribution is 7.85. The van der Waals surface area contributed by atoms with Crippen LogP contribution in [0, 0.1) is 5.92 Å². The smallest absolute Gasteiger partial charge is 0.410 e. The van der Waals surface area contributed by atoms with Crippen LogP contribution in [0.5, 0.6) is 0 Å². The molecule has 2 aliphatic heterocycles. The van der Waals surface area contributed by atoms with Crippen LogP contribution in [-0.4, -0.2) is 69.4 Å². The van der Waals surface area contributed by atoms with E-state index in [2.05, 4.69) is 4.90 Å². The zero-order valence-corrected chi connectivity index (χ0v) is 17.3. The first kappa shape index (κ1) is 21.1. The Morgan fingerprint density at radius 2 is 1.82 bits per heavy atom. The summed E-state index contributed by atoms with van der Waals surface area (Å²) in [5.41, 5.74) is 0.987. The maximum absolute atomic E-state index is 12.3. The van der Waals surface area contributed by atoms with Crippen LogP contribution in [0.25, 0.3) is 0 Å². The van der Waals surface area contributed by atoms with E-state index in [1.54, 1.807) is 4.90 Å². The summed E-state index contributed by atoms with van der Waals surface area (Å²) in [4.78, 5) is 16.5. The molecular formula is C20H30N2O5S. The van der Waals surface area contributed by atoms with Gasteiger partial charge in [-0.2, -0.15) is 8.42 Å². The summed E-state index contributed by atoms with van der Waals surface area (Å²) < 4.78 is 32.9. The van der Waals surface area contributed by atoms with E-state index in [1.807, 2.05) is 30.3 Å². The highest BCUT2D eigenvalue weighted by Crippen LogP contribution is 2.24. The molecule has 0 aliphatic carbocycles. The summed E-state index contributed by atoms with van der Waals surface area (Å²) in [7, 11) is -3.38. The minimum atomic E-state index is -3.38. The molecule has 1 aromatic carbocycles. The second-order valence-corrected chi connectivity index (χ2v) is 9.39. The van der Waals surface area contributed by atoms with Crippen molar-refractivity contribution in [2.75, 3.05) is 39.0 Å². The maximum atomic E-state index is 12.3. The van der Waals surface area contributed by atoms with Gasteiger partial charge in [-0.05, 0) is 43.7 Å². The van der Waals surface area contributed by atoms with E-state index >= 15 is 0 Å². The number of hydrogen-bond acceptors (Lipinski definition) is 6. The van der Waals surface area contributed by atoms with Crippen molar-refractivity contribution < 1.29 is 22.1 Å². The van der Waals surface area contributed by atoms with Crippen LogP contribution in [0.3, 0.4) is 0 Å². The summed E-state index contributed by atoms with van der Waals surface area (Å²) in [6, 6.07) is 10.1. The molecule has 0 bridgehead atoms. The van der Waals surface area contributed by atoms with Crippen molar-refractivity contribution in [3.8, 4) is 0 Å². The fourth-order valence-electron chi connectivity index (χ4n) is 4.01. The second kappa shape index (κ2) is 9.71. The molecule has 2 heterocycles. The Morgan fingerprint density at radius 1 is 1.11 bits per heavy atom. The SMILES string of the molecule is CS(=O)(=O)OCC1CCCN(C2CCN(C(=O)OCc3ccccc3)CC2)C1. The van der Waals surface area contributed by atoms with Gasteiger partial charge >= 0.3 is 6.09 Å². The lowest BCUT2D eigenvalue weighted by Crippen LogP contribution is -2.50. The summed E-state index contributed by atoms with van der Waals surface area (Å²) in [6.45, 7) is 3.84. The largest absolute Gasteiger partial charge is 0.445 e. The van der Waals surface area contributed by atoms with Gasteiger partial charge in [0, 0.05) is 25.7 Å². The van der Waals surface area contributed by atoms with Crippen LogP contribution in [0.2, 0.25) is 0 Å². The average Bonchev–Trinajstić information content (AvgIpc) is 2.71. The topological polar surface area (TPSA) is 76.2 Å². The van der Waals surface area contributed by atoms with Crippen LogP contribution < -0.4 is 0 Å². The summed E-state index contributed by atoms with van der Waals surface area (Å²) in [5.74, 6) is 0.248. The molecule has 2 saturated heterocycles. The molecule has 28 heavy (non-hydrogen) atoms. The zero-order chi connectivity index (χ0) is 20.0. The lowest BCUT2D eigenvalue weighted by Gasteiger charge is -2.42. The highest BCUT2D eigenvalue weighted by Gasteiger charge is 2.31. The molecule has 0 saturated carbocycles. The number of benzene rings is 1. The zero-order valence-electron chi connectivity index (χ0n) is 16.5. The van der Waals surface area contributed by atoms with E-state index in [4.69, 9.17) is 8.92 Å². The minimum absolute atomic E-state index is 0.248. The quantitative estimate of drug-likeness (QED) is 0.671. The monoisotopic (exact) mass is 410 g/mol. The summed E-state index contributed by atoms with van der Waals surface area (Å²) in [6.07, 6.45) is 4.73. The highest BCUT2D eigenvalue weighted by atomic mass is 32.2. The van der Waals surface area contributed by atoms with Gasteiger partial charge in [0.15, 0.2) is 0 Å². The molecule has 1 unspecified atom stereocenters. The van der Waals surface area contributed by atoms with E-state index in [1.165, 1.54) is 0 Å². The standard InChI is InChI=1S/C20H30N2O5S/c1-28(24,25)27-16-18-8-5-11-22(14-18)19-9-12-21(13-10-19)20(23)26-15-17-6-3-2-4-7-17/h2-4,6-7,18-19H,5,8-16H2,1H3. The van der Waals surface area contributed by atoms with Crippen molar-refractivity contribution in [1.82, 2.24) is 9.80 Å². The van der Waals surface area contributed by atoms with E-state index in [-0.39, 0.29) is 18.6 Å². The molecule has 3 rings (SSSR count). The number of carbonyl (C=O) groups is 1. The van der Waals surface area contributed by atoms with E-state index < -0.39 is 10.1 Å². The Balaban J connectivity index is 1.41. The van der Waals surface area contributed by atoms with Gasteiger partial charge in [-0.15, -0.1) is 0 Å². The van der Waals surface area contributed by atoms with Crippen LogP contribution >= 0.6 is 0 Å². The van der Waals surface area contributed by atoms with Crippen molar-refractivity contribution in [2.45, 2.75) is 38.3 Å². The molecule has 0 N–H and O–H groups in total. The van der Waals surface area contributed by atoms with Gasteiger partial charge in [-0.1, -0.05) is 30.3 Å². The molecular weight excluding hydrogens is 380 g/mol. The fraction of sp³-hybridized carbons (Fsp3) is 0.650. The number of hydrogen-bond donors (Lipinski definition) is 0. The molecule has 7 nitrogen and oxygen atoms in total. The number of likely N-dealkylation sites (tertiary alicyclic amines) is 2. The third-order valence-electron chi connectivity index (χ3n) is 5.51. The van der Waals surface area contributed by atoms with Crippen molar-refractivity contribution in [3.05, 3.63) is 35.9 Å². The Kier molecular flexibility index (Phi) is 7.31. The second-order valence-electron chi connectivity index (χ2n) is 7.75. The van der Waals surface area contributed by atoms with Gasteiger partial charge in [0.05, 0.1) is 12.9 Å². The third kappa shape index (κ3) is 6.46. The number of rotatable bonds is 6. The minimum Gasteiger partial charge on any atom is -0.445 e. The van der Waals surface area contributed by atoms with E-state index in [0.29, 0.717) is 25.7 Å². The number of ether oxygens (including phenoxy) is 1. The van der Waals surface area contributed by atoms with Gasteiger partial charge in [0.25, 0.3) is 10.1 Å². The molecule has 0 spiro atoms. The Hall–Kier alpha value is -1.64. The predicted molar refractivity (Wildman–Crippen MR) is 106 cm³/mol. The van der Waals surface area contributed by atoms with Crippen molar-refractivity contribution in [2.24, 2.45) is 5.92 Å². The van der Waals surface area contributed by atoms with Crippen LogP contribution in [0.1, 0.15) is 31.2 Å². The van der Waals surface area contributed by atoms with Crippen LogP contribution in [0.15, 0.2) is 30.3 Å². The molecule has 8 heteroatoms. The van der Waals surface area contributed by atoms with Gasteiger partial charge in [-0.3, -0.25) is 9.08 Å². The molecule has 1 aromatic rings. The van der Waals surface area contributed by atoms with Gasteiger partial charge in [-0.25, -0.2) is 4.79 Å². The maximum Gasteiger partial charge on any atom is 0.410 e. The van der Waals surface area contributed by atoms with Crippen LogP contribution in [-0.2, 0) is 25.6 Å². The molecule has 0 radical (unpaired) electrons. The van der Waals surface area contributed by atoms with Gasteiger partial charge < -0.3 is 9.64 Å². The first-order chi connectivity index (χ1) is 13.4. The lowest BCUT2D eigenvalue weighted by molar-refractivity contribution is 0.0470. The van der Waals surface area contributed by atoms with Crippen molar-refractivity contribution in [1.29, 1.82) is 0 Å². The number of carbonyl (C=O) groups excluding carboxylic acids is 1. The average molecular weight is 411 g/mol. The first-order valence-electron chi connectivity index (χ1n) is 9.95. The summed E-state index contributed by atoms with van der Waals surface area (Å²) in [5, 5.41) is 0. The van der Waals surface area contributed by atoms with Crippen molar-refractivity contribution in [3.63, 3.8) is 0 Å². The normalized spacial score (nSPS) is 22.2. The van der Waals surface area contributed by atoms with Gasteiger partial charge in [0.2, 0.25) is 0 Å². The van der Waals surface area contributed by atoms with E-state index in [0.717, 1.165) is 50.6 Å². The lowest BCUT2D eigenvalue weighted by atomic mass is 9.94. The molecule has 2 aliphatic rings. The number of amides is 1. The van der Waals surface area contributed by atoms with Crippen LogP contribution in [0.4, 0.5) is 4.79 Å². The fourth-order valence-corrected chi connectivity index (χ4v) is 4.45. The van der Waals surface area contributed by atoms with Gasteiger partial charge in [0.1, 0.15) is 6.61 Å². The Labute approximate surface area is 167 Å². The summed E-state index contributed by atoms with van der Waals surface area (Å²) >= 11 is 0. The molecule has 1 amide bonds. The number of nitrogens with zero attached hydrogens (tertiary/aromatic N) is 2. The molecule has 2 fully saturated rings. The Morgan fingerprint density at radius 3 is 2.50 bits per heavy atom. The predicted octanol–water partition coefficient (Wildman–Crippen LogP) is 2.48. The molecule has 156 valence electrons. The molecule has 1 atom stereocenters. The number of piperidine rings is 2. The Bertz CT molecular complexity index is 732. The molecule has 0 aromatic heterocycles. The van der Waals surface area contributed by atoms with Crippen molar-refractivity contribution >= 4 is 16.2 Å². The third-order valence-corrected chi connectivity index (χ3v) is 6.08. The first-order valence-corrected chi connectivity index (χ1v) is 11.8.